The molecule has 2 rings (SSSR count). The van der Waals surface area contributed by atoms with E-state index in [9.17, 15) is 14.7 Å². The van der Waals surface area contributed by atoms with Crippen LogP contribution in [0.5, 0.6) is 5.75 Å². The SMILES string of the molecule is CC/C(=N/NC(=O)CCC(=O)Nc1ccccc1)c1ccc(O)cc1. The van der Waals surface area contributed by atoms with Gasteiger partial charge in [0.05, 0.1) is 5.71 Å². The molecule has 0 bridgehead atoms. The van der Waals surface area contributed by atoms with Crippen LogP contribution in [0.25, 0.3) is 0 Å². The van der Waals surface area contributed by atoms with Gasteiger partial charge < -0.3 is 10.4 Å². The van der Waals surface area contributed by atoms with Crippen LogP contribution in [0.1, 0.15) is 31.7 Å². The summed E-state index contributed by atoms with van der Waals surface area (Å²) in [5.74, 6) is -0.375. The number of amides is 2. The van der Waals surface area contributed by atoms with Crippen molar-refractivity contribution < 1.29 is 14.7 Å². The fourth-order valence-corrected chi connectivity index (χ4v) is 2.16. The minimum absolute atomic E-state index is 0.0503. The van der Waals surface area contributed by atoms with Gasteiger partial charge in [0.25, 0.3) is 0 Å². The Morgan fingerprint density at radius 2 is 1.60 bits per heavy atom. The molecular formula is C19H21N3O3. The third-order valence-electron chi connectivity index (χ3n) is 3.49. The van der Waals surface area contributed by atoms with Crippen molar-refractivity contribution >= 4 is 23.2 Å². The number of nitrogens with one attached hydrogen (secondary N) is 2. The number of hydrogen-bond acceptors (Lipinski definition) is 4. The molecule has 6 nitrogen and oxygen atoms in total. The summed E-state index contributed by atoms with van der Waals surface area (Å²) in [4.78, 5) is 23.7. The number of aromatic hydroxyl groups is 1. The van der Waals surface area contributed by atoms with E-state index in [0.29, 0.717) is 17.8 Å². The quantitative estimate of drug-likeness (QED) is 0.535. The molecule has 0 aliphatic rings. The van der Waals surface area contributed by atoms with E-state index in [1.54, 1.807) is 36.4 Å². The molecule has 0 saturated carbocycles. The summed E-state index contributed by atoms with van der Waals surface area (Å²) in [6.07, 6.45) is 0.755. The van der Waals surface area contributed by atoms with E-state index in [1.165, 1.54) is 0 Å². The number of anilines is 1. The molecule has 0 fully saturated rings. The molecule has 0 spiro atoms. The molecule has 2 amide bonds. The molecule has 0 aromatic heterocycles. The van der Waals surface area contributed by atoms with Gasteiger partial charge in [-0.05, 0) is 48.4 Å². The summed E-state index contributed by atoms with van der Waals surface area (Å²) in [7, 11) is 0. The van der Waals surface area contributed by atoms with E-state index in [4.69, 9.17) is 0 Å². The standard InChI is InChI=1S/C19H21N3O3/c1-2-17(14-8-10-16(23)11-9-14)21-22-19(25)13-12-18(24)20-15-6-4-3-5-7-15/h3-11,23H,2,12-13H2,1H3,(H,20,24)(H,22,25)/b21-17-. The molecule has 130 valence electrons. The highest BCUT2D eigenvalue weighted by Crippen LogP contribution is 2.12. The monoisotopic (exact) mass is 339 g/mol. The van der Waals surface area contributed by atoms with E-state index in [1.807, 2.05) is 25.1 Å². The van der Waals surface area contributed by atoms with Crippen LogP contribution in [0.15, 0.2) is 59.7 Å². The summed E-state index contributed by atoms with van der Waals surface area (Å²) in [5, 5.41) is 16.1. The molecule has 2 aromatic carbocycles. The van der Waals surface area contributed by atoms with Gasteiger partial charge in [-0.1, -0.05) is 25.1 Å². The second-order valence-corrected chi connectivity index (χ2v) is 5.41. The smallest absolute Gasteiger partial charge is 0.240 e. The molecule has 0 aliphatic carbocycles. The van der Waals surface area contributed by atoms with Gasteiger partial charge in [0.15, 0.2) is 0 Å². The van der Waals surface area contributed by atoms with Crippen molar-refractivity contribution in [3.63, 3.8) is 0 Å². The summed E-state index contributed by atoms with van der Waals surface area (Å²) in [5.41, 5.74) is 4.69. The summed E-state index contributed by atoms with van der Waals surface area (Å²) in [6.45, 7) is 1.92. The fraction of sp³-hybridized carbons (Fsp3) is 0.211. The van der Waals surface area contributed by atoms with E-state index in [2.05, 4.69) is 15.8 Å². The third kappa shape index (κ3) is 6.10. The first kappa shape index (κ1) is 18.2. The van der Waals surface area contributed by atoms with Crippen LogP contribution in [0.4, 0.5) is 5.69 Å². The number of phenols is 1. The Morgan fingerprint density at radius 1 is 0.960 bits per heavy atom. The van der Waals surface area contributed by atoms with E-state index in [-0.39, 0.29) is 30.4 Å². The van der Waals surface area contributed by atoms with Gasteiger partial charge in [-0.3, -0.25) is 9.59 Å². The van der Waals surface area contributed by atoms with Crippen molar-refractivity contribution in [1.82, 2.24) is 5.43 Å². The van der Waals surface area contributed by atoms with Crippen molar-refractivity contribution in [3.8, 4) is 5.75 Å². The number of nitrogens with zero attached hydrogens (tertiary/aromatic N) is 1. The van der Waals surface area contributed by atoms with E-state index < -0.39 is 0 Å². The number of para-hydroxylation sites is 1. The molecule has 0 atom stereocenters. The van der Waals surface area contributed by atoms with Crippen LogP contribution in [0, 0.1) is 0 Å². The van der Waals surface area contributed by atoms with E-state index in [0.717, 1.165) is 5.56 Å². The van der Waals surface area contributed by atoms with Crippen molar-refractivity contribution in [2.75, 3.05) is 5.32 Å². The largest absolute Gasteiger partial charge is 0.508 e. The summed E-state index contributed by atoms with van der Waals surface area (Å²) >= 11 is 0. The summed E-state index contributed by atoms with van der Waals surface area (Å²) < 4.78 is 0. The second-order valence-electron chi connectivity index (χ2n) is 5.41. The first-order valence-corrected chi connectivity index (χ1v) is 8.08. The first-order valence-electron chi connectivity index (χ1n) is 8.08. The average Bonchev–Trinajstić information content (AvgIpc) is 2.63. The highest BCUT2D eigenvalue weighted by molar-refractivity contribution is 6.01. The lowest BCUT2D eigenvalue weighted by atomic mass is 10.1. The van der Waals surface area contributed by atoms with Gasteiger partial charge in [0.2, 0.25) is 11.8 Å². The van der Waals surface area contributed by atoms with Crippen LogP contribution >= 0.6 is 0 Å². The maximum absolute atomic E-state index is 11.9. The van der Waals surface area contributed by atoms with Crippen molar-refractivity contribution in [1.29, 1.82) is 0 Å². The maximum atomic E-state index is 11.9. The van der Waals surface area contributed by atoms with Crippen LogP contribution in [0.2, 0.25) is 0 Å². The highest BCUT2D eigenvalue weighted by Gasteiger charge is 2.08. The van der Waals surface area contributed by atoms with Crippen LogP contribution in [0.3, 0.4) is 0 Å². The molecule has 6 heteroatoms. The minimum atomic E-state index is -0.326. The number of benzene rings is 2. The lowest BCUT2D eigenvalue weighted by Gasteiger charge is -2.06. The zero-order valence-corrected chi connectivity index (χ0v) is 14.0. The molecule has 0 aliphatic heterocycles. The minimum Gasteiger partial charge on any atom is -0.508 e. The zero-order valence-electron chi connectivity index (χ0n) is 14.0. The predicted molar refractivity (Wildman–Crippen MR) is 97.4 cm³/mol. The molecule has 2 aromatic rings. The van der Waals surface area contributed by atoms with Gasteiger partial charge >= 0.3 is 0 Å². The Labute approximate surface area is 146 Å². The molecule has 0 radical (unpaired) electrons. The Hall–Kier alpha value is -3.15. The highest BCUT2D eigenvalue weighted by atomic mass is 16.3. The zero-order chi connectivity index (χ0) is 18.1. The number of carbonyl (C=O) groups is 2. The first-order chi connectivity index (χ1) is 12.1. The van der Waals surface area contributed by atoms with Gasteiger partial charge in [-0.2, -0.15) is 5.10 Å². The van der Waals surface area contributed by atoms with E-state index >= 15 is 0 Å². The van der Waals surface area contributed by atoms with Crippen molar-refractivity contribution in [2.45, 2.75) is 26.2 Å². The number of rotatable bonds is 7. The van der Waals surface area contributed by atoms with Gasteiger partial charge in [0.1, 0.15) is 5.75 Å². The number of hydrogen-bond donors (Lipinski definition) is 3. The second kappa shape index (κ2) is 9.22. The topological polar surface area (TPSA) is 90.8 Å². The number of hydrazone groups is 1. The third-order valence-corrected chi connectivity index (χ3v) is 3.49. The Balaban J connectivity index is 1.82. The average molecular weight is 339 g/mol. The number of carbonyl (C=O) groups excluding carboxylic acids is 2. The van der Waals surface area contributed by atoms with Crippen LogP contribution in [-0.2, 0) is 9.59 Å². The fourth-order valence-electron chi connectivity index (χ4n) is 2.16. The van der Waals surface area contributed by atoms with Gasteiger partial charge in [-0.15, -0.1) is 0 Å². The van der Waals surface area contributed by atoms with Crippen molar-refractivity contribution in [3.05, 3.63) is 60.2 Å². The molecule has 25 heavy (non-hydrogen) atoms. The summed E-state index contributed by atoms with van der Waals surface area (Å²) in [6, 6.07) is 15.7. The van der Waals surface area contributed by atoms with Gasteiger partial charge in [0, 0.05) is 18.5 Å². The predicted octanol–water partition coefficient (Wildman–Crippen LogP) is 3.04. The molecule has 3 N–H and O–H groups in total. The molecule has 0 unspecified atom stereocenters. The molecule has 0 heterocycles. The molecule has 0 saturated heterocycles. The lowest BCUT2D eigenvalue weighted by Crippen LogP contribution is -2.22. The lowest BCUT2D eigenvalue weighted by molar-refractivity contribution is -0.124. The number of phenolic OH excluding ortho intramolecular Hbond substituents is 1. The molecular weight excluding hydrogens is 318 g/mol. The normalized spacial score (nSPS) is 11.0. The van der Waals surface area contributed by atoms with Crippen LogP contribution < -0.4 is 10.7 Å². The van der Waals surface area contributed by atoms with Crippen LogP contribution in [-0.4, -0.2) is 22.6 Å². The Bertz CT molecular complexity index is 740. The maximum Gasteiger partial charge on any atom is 0.240 e. The van der Waals surface area contributed by atoms with Crippen molar-refractivity contribution in [2.24, 2.45) is 5.10 Å². The Kier molecular flexibility index (Phi) is 6.71. The van der Waals surface area contributed by atoms with Gasteiger partial charge in [-0.25, -0.2) is 5.43 Å². The Morgan fingerprint density at radius 3 is 2.24 bits per heavy atom.